The van der Waals surface area contributed by atoms with Crippen LogP contribution in [0.25, 0.3) is 0 Å². The molecule has 1 aromatic rings. The third-order valence-corrected chi connectivity index (χ3v) is 5.47. The molecular formula is C13H18N2O6S. The molecule has 1 aliphatic heterocycles. The molecule has 0 aromatic carbocycles. The van der Waals surface area contributed by atoms with Crippen molar-refractivity contribution < 1.29 is 27.5 Å². The van der Waals surface area contributed by atoms with E-state index in [4.69, 9.17) is 9.52 Å². The molecule has 0 unspecified atom stereocenters. The van der Waals surface area contributed by atoms with Gasteiger partial charge in [0.2, 0.25) is 15.8 Å². The Balaban J connectivity index is 1.90. The first kappa shape index (κ1) is 16.5. The normalized spacial score (nSPS) is 17.3. The summed E-state index contributed by atoms with van der Waals surface area (Å²) < 4.78 is 29.8. The fourth-order valence-corrected chi connectivity index (χ4v) is 3.42. The summed E-state index contributed by atoms with van der Waals surface area (Å²) in [6.45, 7) is 2.32. The van der Waals surface area contributed by atoms with E-state index in [-0.39, 0.29) is 23.3 Å². The lowest BCUT2D eigenvalue weighted by molar-refractivity contribution is 0.0659. The van der Waals surface area contributed by atoms with E-state index in [1.807, 2.05) is 0 Å². The molecule has 0 atom stereocenters. The number of furan rings is 1. The number of rotatable bonds is 5. The van der Waals surface area contributed by atoms with Gasteiger partial charge < -0.3 is 14.8 Å². The van der Waals surface area contributed by atoms with Crippen LogP contribution in [0.3, 0.4) is 0 Å². The minimum Gasteiger partial charge on any atom is -0.475 e. The second-order valence-corrected chi connectivity index (χ2v) is 7.27. The van der Waals surface area contributed by atoms with Crippen LogP contribution in [-0.4, -0.2) is 54.6 Å². The van der Waals surface area contributed by atoms with Crippen molar-refractivity contribution in [3.05, 3.63) is 23.7 Å². The molecule has 2 heterocycles. The zero-order valence-corrected chi connectivity index (χ0v) is 12.9. The van der Waals surface area contributed by atoms with Crippen LogP contribution < -0.4 is 5.32 Å². The smallest absolute Gasteiger partial charge is 0.371 e. The summed E-state index contributed by atoms with van der Waals surface area (Å²) >= 11 is 0. The summed E-state index contributed by atoms with van der Waals surface area (Å²) in [5.74, 6) is -2.04. The summed E-state index contributed by atoms with van der Waals surface area (Å²) in [7, 11) is -3.19. The maximum absolute atomic E-state index is 12.0. The Kier molecular flexibility index (Phi) is 4.87. The lowest BCUT2D eigenvalue weighted by atomic mass is 10.1. The molecule has 9 heteroatoms. The van der Waals surface area contributed by atoms with Crippen LogP contribution in [0.1, 0.15) is 40.9 Å². The molecule has 0 bridgehead atoms. The van der Waals surface area contributed by atoms with E-state index < -0.39 is 21.9 Å². The Labute approximate surface area is 128 Å². The summed E-state index contributed by atoms with van der Waals surface area (Å²) in [6.07, 6.45) is 1.02. The standard InChI is InChI=1S/C13H18N2O6S/c1-2-22(19,20)15-7-5-9(6-8-15)14-12(16)10-3-4-11(21-10)13(17)18/h3-4,9H,2,5-8H2,1H3,(H,14,16)(H,17,18). The van der Waals surface area contributed by atoms with E-state index in [1.54, 1.807) is 6.92 Å². The van der Waals surface area contributed by atoms with Crippen molar-refractivity contribution in [2.45, 2.75) is 25.8 Å². The maximum Gasteiger partial charge on any atom is 0.371 e. The highest BCUT2D eigenvalue weighted by Crippen LogP contribution is 2.15. The Morgan fingerprint density at radius 2 is 1.91 bits per heavy atom. The number of nitrogens with zero attached hydrogens (tertiary/aromatic N) is 1. The van der Waals surface area contributed by atoms with Crippen LogP contribution in [0.15, 0.2) is 16.5 Å². The molecule has 1 amide bonds. The van der Waals surface area contributed by atoms with E-state index in [0.29, 0.717) is 25.9 Å². The molecule has 1 aromatic heterocycles. The van der Waals surface area contributed by atoms with Gasteiger partial charge >= 0.3 is 5.97 Å². The van der Waals surface area contributed by atoms with Gasteiger partial charge in [0, 0.05) is 19.1 Å². The van der Waals surface area contributed by atoms with Crippen LogP contribution in [0.4, 0.5) is 0 Å². The molecule has 2 rings (SSSR count). The van der Waals surface area contributed by atoms with Gasteiger partial charge in [-0.15, -0.1) is 0 Å². The molecule has 0 aliphatic carbocycles. The molecule has 1 aliphatic rings. The molecule has 1 fully saturated rings. The summed E-state index contributed by atoms with van der Waals surface area (Å²) in [5.41, 5.74) is 0. The van der Waals surface area contributed by atoms with Gasteiger partial charge in [0.15, 0.2) is 5.76 Å². The summed E-state index contributed by atoms with van der Waals surface area (Å²) in [4.78, 5) is 22.7. The van der Waals surface area contributed by atoms with E-state index in [9.17, 15) is 18.0 Å². The number of carbonyl (C=O) groups is 2. The Morgan fingerprint density at radius 1 is 1.32 bits per heavy atom. The highest BCUT2D eigenvalue weighted by molar-refractivity contribution is 7.89. The molecular weight excluding hydrogens is 312 g/mol. The minimum absolute atomic E-state index is 0.0639. The number of aromatic carboxylic acids is 1. The number of carboxylic acids is 1. The highest BCUT2D eigenvalue weighted by atomic mass is 32.2. The molecule has 0 spiro atoms. The lowest BCUT2D eigenvalue weighted by Gasteiger charge is -2.31. The number of carbonyl (C=O) groups excluding carboxylic acids is 1. The van der Waals surface area contributed by atoms with Crippen molar-refractivity contribution in [3.8, 4) is 0 Å². The first-order valence-electron chi connectivity index (χ1n) is 6.95. The van der Waals surface area contributed by atoms with E-state index in [2.05, 4.69) is 5.32 Å². The lowest BCUT2D eigenvalue weighted by Crippen LogP contribution is -2.46. The van der Waals surface area contributed by atoms with Crippen LogP contribution in [-0.2, 0) is 10.0 Å². The predicted molar refractivity (Wildman–Crippen MR) is 77.2 cm³/mol. The fraction of sp³-hybridized carbons (Fsp3) is 0.538. The van der Waals surface area contributed by atoms with E-state index in [0.717, 1.165) is 0 Å². The number of hydrogen-bond acceptors (Lipinski definition) is 5. The molecule has 2 N–H and O–H groups in total. The van der Waals surface area contributed by atoms with Gasteiger partial charge in [-0.1, -0.05) is 0 Å². The van der Waals surface area contributed by atoms with Gasteiger partial charge in [0.1, 0.15) is 0 Å². The molecule has 0 saturated carbocycles. The van der Waals surface area contributed by atoms with Gasteiger partial charge in [0.25, 0.3) is 5.91 Å². The zero-order valence-electron chi connectivity index (χ0n) is 12.1. The monoisotopic (exact) mass is 330 g/mol. The van der Waals surface area contributed by atoms with Gasteiger partial charge in [-0.2, -0.15) is 0 Å². The molecule has 8 nitrogen and oxygen atoms in total. The Hall–Kier alpha value is -1.87. The highest BCUT2D eigenvalue weighted by Gasteiger charge is 2.28. The number of nitrogens with one attached hydrogen (secondary N) is 1. The maximum atomic E-state index is 12.0. The van der Waals surface area contributed by atoms with E-state index in [1.165, 1.54) is 16.4 Å². The van der Waals surface area contributed by atoms with Crippen LogP contribution in [0, 0.1) is 0 Å². The number of amides is 1. The van der Waals surface area contributed by atoms with E-state index >= 15 is 0 Å². The van der Waals surface area contributed by atoms with Crippen molar-refractivity contribution in [2.24, 2.45) is 0 Å². The second-order valence-electron chi connectivity index (χ2n) is 5.02. The number of piperidine rings is 1. The van der Waals surface area contributed by atoms with Crippen LogP contribution in [0.2, 0.25) is 0 Å². The Morgan fingerprint density at radius 3 is 2.41 bits per heavy atom. The number of hydrogen-bond donors (Lipinski definition) is 2. The van der Waals surface area contributed by atoms with Crippen molar-refractivity contribution in [1.82, 2.24) is 9.62 Å². The van der Waals surface area contributed by atoms with Crippen molar-refractivity contribution in [2.75, 3.05) is 18.8 Å². The van der Waals surface area contributed by atoms with Crippen LogP contribution >= 0.6 is 0 Å². The molecule has 22 heavy (non-hydrogen) atoms. The fourth-order valence-electron chi connectivity index (χ4n) is 2.29. The van der Waals surface area contributed by atoms with Gasteiger partial charge in [-0.3, -0.25) is 4.79 Å². The summed E-state index contributed by atoms with van der Waals surface area (Å²) in [5, 5.41) is 11.5. The number of sulfonamides is 1. The Bertz CT molecular complexity index is 658. The van der Waals surface area contributed by atoms with Crippen LogP contribution in [0.5, 0.6) is 0 Å². The topological polar surface area (TPSA) is 117 Å². The molecule has 1 saturated heterocycles. The third-order valence-electron chi connectivity index (χ3n) is 3.59. The summed E-state index contributed by atoms with van der Waals surface area (Å²) in [6, 6.07) is 2.36. The first-order valence-corrected chi connectivity index (χ1v) is 8.56. The van der Waals surface area contributed by atoms with Crippen molar-refractivity contribution in [3.63, 3.8) is 0 Å². The van der Waals surface area contributed by atoms with Gasteiger partial charge in [-0.25, -0.2) is 17.5 Å². The molecule has 0 radical (unpaired) electrons. The van der Waals surface area contributed by atoms with Crippen molar-refractivity contribution in [1.29, 1.82) is 0 Å². The first-order chi connectivity index (χ1) is 10.3. The average Bonchev–Trinajstić information content (AvgIpc) is 2.98. The van der Waals surface area contributed by atoms with Crippen molar-refractivity contribution >= 4 is 21.9 Å². The van der Waals surface area contributed by atoms with Gasteiger partial charge in [0.05, 0.1) is 5.75 Å². The number of carboxylic acid groups (broad SMARTS) is 1. The second kappa shape index (κ2) is 6.49. The zero-order chi connectivity index (χ0) is 16.3. The quantitative estimate of drug-likeness (QED) is 0.813. The minimum atomic E-state index is -3.19. The predicted octanol–water partition coefficient (Wildman–Crippen LogP) is 0.522. The largest absolute Gasteiger partial charge is 0.475 e. The average molecular weight is 330 g/mol. The van der Waals surface area contributed by atoms with Gasteiger partial charge in [-0.05, 0) is 31.9 Å². The SMILES string of the molecule is CCS(=O)(=O)N1CCC(NC(=O)c2ccc(C(=O)O)o2)CC1. The third kappa shape index (κ3) is 3.66. The molecule has 122 valence electrons.